The Morgan fingerprint density at radius 2 is 2.31 bits per heavy atom. The quantitative estimate of drug-likeness (QED) is 0.708. The van der Waals surface area contributed by atoms with Crippen LogP contribution in [-0.4, -0.2) is 20.2 Å². The fraction of sp³-hybridized carbons (Fsp3) is 0.250. The van der Waals surface area contributed by atoms with Gasteiger partial charge in [-0.1, -0.05) is 18.2 Å². The second kappa shape index (κ2) is 3.56. The van der Waals surface area contributed by atoms with E-state index in [1.54, 1.807) is 0 Å². The molecule has 3 rings (SSSR count). The number of allylic oxidation sites excluding steroid dienone is 1. The lowest BCUT2D eigenvalue weighted by atomic mass is 9.96. The summed E-state index contributed by atoms with van der Waals surface area (Å²) in [6, 6.07) is 6.27. The standard InChI is InChI=1S/C12H12N4/c1-2-4-9-5-3-6-11-10(9)7-8-12-13-14-15-16(11)12/h2-3,5-6H,1,4,7-8H2. The first kappa shape index (κ1) is 9.27. The minimum absolute atomic E-state index is 0.903. The molecule has 0 bridgehead atoms. The van der Waals surface area contributed by atoms with Crippen molar-refractivity contribution in [2.24, 2.45) is 0 Å². The molecule has 0 radical (unpaired) electrons. The topological polar surface area (TPSA) is 43.6 Å². The molecule has 0 spiro atoms. The highest BCUT2D eigenvalue weighted by Gasteiger charge is 2.19. The van der Waals surface area contributed by atoms with Gasteiger partial charge >= 0.3 is 0 Å². The predicted molar refractivity (Wildman–Crippen MR) is 60.5 cm³/mol. The minimum Gasteiger partial charge on any atom is -0.197 e. The largest absolute Gasteiger partial charge is 0.197 e. The van der Waals surface area contributed by atoms with E-state index in [0.29, 0.717) is 0 Å². The van der Waals surface area contributed by atoms with Gasteiger partial charge < -0.3 is 0 Å². The monoisotopic (exact) mass is 212 g/mol. The molecule has 0 aliphatic carbocycles. The maximum atomic E-state index is 4.03. The number of aryl methyl sites for hydroxylation is 1. The lowest BCUT2D eigenvalue weighted by molar-refractivity contribution is 0.707. The molecule has 0 saturated carbocycles. The van der Waals surface area contributed by atoms with Gasteiger partial charge in [-0.3, -0.25) is 0 Å². The number of benzene rings is 1. The maximum Gasteiger partial charge on any atom is 0.157 e. The van der Waals surface area contributed by atoms with Crippen LogP contribution in [0.2, 0.25) is 0 Å². The van der Waals surface area contributed by atoms with Gasteiger partial charge in [0.05, 0.1) is 5.69 Å². The van der Waals surface area contributed by atoms with E-state index in [2.05, 4.69) is 40.3 Å². The Balaban J connectivity index is 2.19. The van der Waals surface area contributed by atoms with Crippen molar-refractivity contribution in [1.82, 2.24) is 20.2 Å². The van der Waals surface area contributed by atoms with Crippen LogP contribution in [0.3, 0.4) is 0 Å². The number of fused-ring (bicyclic) bond motifs is 3. The first-order chi connectivity index (χ1) is 7.90. The molecule has 0 fully saturated rings. The Bertz CT molecular complexity index is 542. The van der Waals surface area contributed by atoms with E-state index in [-0.39, 0.29) is 0 Å². The molecule has 2 heterocycles. The van der Waals surface area contributed by atoms with Crippen LogP contribution in [-0.2, 0) is 19.3 Å². The summed E-state index contributed by atoms with van der Waals surface area (Å²) in [4.78, 5) is 0. The van der Waals surface area contributed by atoms with E-state index in [1.807, 2.05) is 10.8 Å². The molecule has 1 aromatic carbocycles. The van der Waals surface area contributed by atoms with Crippen LogP contribution in [0.1, 0.15) is 17.0 Å². The van der Waals surface area contributed by atoms with Crippen molar-refractivity contribution < 1.29 is 0 Å². The normalized spacial score (nSPS) is 13.0. The van der Waals surface area contributed by atoms with Gasteiger partial charge in [0.25, 0.3) is 0 Å². The van der Waals surface area contributed by atoms with Crippen molar-refractivity contribution in [2.75, 3.05) is 0 Å². The maximum absolute atomic E-state index is 4.03. The third kappa shape index (κ3) is 1.26. The zero-order chi connectivity index (χ0) is 11.0. The molecule has 0 saturated heterocycles. The Labute approximate surface area is 93.6 Å². The Kier molecular flexibility index (Phi) is 2.06. The molecular weight excluding hydrogens is 200 g/mol. The molecule has 80 valence electrons. The van der Waals surface area contributed by atoms with Crippen molar-refractivity contribution >= 4 is 0 Å². The average molecular weight is 212 g/mol. The Morgan fingerprint density at radius 3 is 3.19 bits per heavy atom. The van der Waals surface area contributed by atoms with Gasteiger partial charge in [-0.15, -0.1) is 11.7 Å². The van der Waals surface area contributed by atoms with Gasteiger partial charge in [0.1, 0.15) is 0 Å². The van der Waals surface area contributed by atoms with Crippen LogP contribution in [0.25, 0.3) is 5.69 Å². The molecule has 0 unspecified atom stereocenters. The summed E-state index contributed by atoms with van der Waals surface area (Å²) in [6.45, 7) is 3.79. The van der Waals surface area contributed by atoms with E-state index in [9.17, 15) is 0 Å². The molecule has 1 aromatic heterocycles. The molecule has 16 heavy (non-hydrogen) atoms. The third-order valence-corrected chi connectivity index (χ3v) is 2.97. The van der Waals surface area contributed by atoms with E-state index in [4.69, 9.17) is 0 Å². The van der Waals surface area contributed by atoms with E-state index in [0.717, 1.165) is 30.8 Å². The zero-order valence-corrected chi connectivity index (χ0v) is 8.93. The zero-order valence-electron chi connectivity index (χ0n) is 8.93. The van der Waals surface area contributed by atoms with Gasteiger partial charge in [0.2, 0.25) is 0 Å². The summed E-state index contributed by atoms with van der Waals surface area (Å²) >= 11 is 0. The van der Waals surface area contributed by atoms with Crippen molar-refractivity contribution in [2.45, 2.75) is 19.3 Å². The molecule has 0 N–H and O–H groups in total. The van der Waals surface area contributed by atoms with Gasteiger partial charge in [0, 0.05) is 6.42 Å². The van der Waals surface area contributed by atoms with Crippen LogP contribution in [0, 0.1) is 0 Å². The lowest BCUT2D eigenvalue weighted by Gasteiger charge is -2.18. The van der Waals surface area contributed by atoms with Crippen LogP contribution in [0.5, 0.6) is 0 Å². The molecule has 0 amide bonds. The highest BCUT2D eigenvalue weighted by atomic mass is 15.5. The molecular formula is C12H12N4. The average Bonchev–Trinajstić information content (AvgIpc) is 2.78. The van der Waals surface area contributed by atoms with Crippen molar-refractivity contribution in [1.29, 1.82) is 0 Å². The summed E-state index contributed by atoms with van der Waals surface area (Å²) in [5.74, 6) is 0.947. The van der Waals surface area contributed by atoms with E-state index >= 15 is 0 Å². The molecule has 0 atom stereocenters. The summed E-state index contributed by atoms with van der Waals surface area (Å²) in [6.07, 6.45) is 4.76. The van der Waals surface area contributed by atoms with Gasteiger partial charge in [-0.2, -0.15) is 4.68 Å². The fourth-order valence-electron chi connectivity index (χ4n) is 2.24. The minimum atomic E-state index is 0.903. The number of aromatic nitrogens is 4. The first-order valence-electron chi connectivity index (χ1n) is 5.39. The van der Waals surface area contributed by atoms with Crippen LogP contribution < -0.4 is 0 Å². The summed E-state index contributed by atoms with van der Waals surface area (Å²) < 4.78 is 1.84. The molecule has 1 aliphatic rings. The smallest absolute Gasteiger partial charge is 0.157 e. The van der Waals surface area contributed by atoms with Crippen molar-refractivity contribution in [3.8, 4) is 5.69 Å². The highest BCUT2D eigenvalue weighted by Crippen LogP contribution is 2.25. The second-order valence-corrected chi connectivity index (χ2v) is 3.91. The Morgan fingerprint density at radius 1 is 1.38 bits per heavy atom. The number of hydrogen-bond acceptors (Lipinski definition) is 3. The Hall–Kier alpha value is -1.97. The van der Waals surface area contributed by atoms with Gasteiger partial charge in [-0.05, 0) is 40.5 Å². The molecule has 4 heteroatoms. The number of tetrazole rings is 1. The number of hydrogen-bond donors (Lipinski definition) is 0. The molecule has 2 aromatic rings. The van der Waals surface area contributed by atoms with E-state index in [1.165, 1.54) is 11.1 Å². The first-order valence-corrected chi connectivity index (χ1v) is 5.39. The summed E-state index contributed by atoms with van der Waals surface area (Å²) in [7, 11) is 0. The summed E-state index contributed by atoms with van der Waals surface area (Å²) in [5.41, 5.74) is 3.79. The SMILES string of the molecule is C=CCc1cccc2c1CCc1nnnn1-2. The predicted octanol–water partition coefficient (Wildman–Crippen LogP) is 1.49. The van der Waals surface area contributed by atoms with Gasteiger partial charge in [-0.25, -0.2) is 0 Å². The highest BCUT2D eigenvalue weighted by molar-refractivity contribution is 5.48. The third-order valence-electron chi connectivity index (χ3n) is 2.97. The molecule has 4 nitrogen and oxygen atoms in total. The number of rotatable bonds is 2. The van der Waals surface area contributed by atoms with Crippen LogP contribution in [0.4, 0.5) is 0 Å². The van der Waals surface area contributed by atoms with Crippen molar-refractivity contribution in [3.05, 3.63) is 47.8 Å². The van der Waals surface area contributed by atoms with Crippen LogP contribution >= 0.6 is 0 Å². The number of nitrogens with zero attached hydrogens (tertiary/aromatic N) is 4. The van der Waals surface area contributed by atoms with E-state index < -0.39 is 0 Å². The lowest BCUT2D eigenvalue weighted by Crippen LogP contribution is -2.15. The molecule has 1 aliphatic heterocycles. The van der Waals surface area contributed by atoms with Gasteiger partial charge in [0.15, 0.2) is 5.82 Å². The van der Waals surface area contributed by atoms with Crippen LogP contribution in [0.15, 0.2) is 30.9 Å². The fourth-order valence-corrected chi connectivity index (χ4v) is 2.24. The second-order valence-electron chi connectivity index (χ2n) is 3.91. The van der Waals surface area contributed by atoms with Crippen molar-refractivity contribution in [3.63, 3.8) is 0 Å². The summed E-state index contributed by atoms with van der Waals surface area (Å²) in [5, 5.41) is 11.8.